The fourth-order valence-electron chi connectivity index (χ4n) is 2.07. The van der Waals surface area contributed by atoms with Gasteiger partial charge in [0.15, 0.2) is 0 Å². The Bertz CT molecular complexity index is 702. The van der Waals surface area contributed by atoms with Crippen molar-refractivity contribution in [3.63, 3.8) is 0 Å². The van der Waals surface area contributed by atoms with Crippen LogP contribution < -0.4 is 10.9 Å². The van der Waals surface area contributed by atoms with Crippen LogP contribution in [0.2, 0.25) is 0 Å². The molecule has 104 valence electrons. The summed E-state index contributed by atoms with van der Waals surface area (Å²) in [5, 5.41) is 2.83. The van der Waals surface area contributed by atoms with Gasteiger partial charge in [0.1, 0.15) is 6.54 Å². The van der Waals surface area contributed by atoms with Crippen molar-refractivity contribution < 1.29 is 4.79 Å². The SMILES string of the molecule is Cc1ccc(NC(=O)Cn2cc(C)ccc2=O)c(C)c1. The van der Waals surface area contributed by atoms with Gasteiger partial charge in [0, 0.05) is 18.0 Å². The molecule has 2 aromatic rings. The van der Waals surface area contributed by atoms with Crippen molar-refractivity contribution in [2.24, 2.45) is 0 Å². The molecule has 0 unspecified atom stereocenters. The number of hydrogen-bond acceptors (Lipinski definition) is 2. The minimum atomic E-state index is -0.204. The minimum Gasteiger partial charge on any atom is -0.324 e. The summed E-state index contributed by atoms with van der Waals surface area (Å²) in [6.07, 6.45) is 1.68. The zero-order valence-electron chi connectivity index (χ0n) is 11.9. The average Bonchev–Trinajstić information content (AvgIpc) is 2.37. The van der Waals surface area contributed by atoms with Crippen molar-refractivity contribution in [1.82, 2.24) is 4.57 Å². The molecular weight excluding hydrogens is 252 g/mol. The smallest absolute Gasteiger partial charge is 0.251 e. The standard InChI is InChI=1S/C16H18N2O2/c1-11-4-6-14(13(3)8-11)17-15(19)10-18-9-12(2)5-7-16(18)20/h4-9H,10H2,1-3H3,(H,17,19). The molecule has 1 heterocycles. The average molecular weight is 270 g/mol. The summed E-state index contributed by atoms with van der Waals surface area (Å²) >= 11 is 0. The highest BCUT2D eigenvalue weighted by molar-refractivity contribution is 5.91. The topological polar surface area (TPSA) is 51.1 Å². The van der Waals surface area contributed by atoms with Crippen LogP contribution in [0, 0.1) is 20.8 Å². The molecular formula is C16H18N2O2. The first kappa shape index (κ1) is 14.1. The lowest BCUT2D eigenvalue weighted by molar-refractivity contribution is -0.116. The summed E-state index contributed by atoms with van der Waals surface area (Å²) in [6.45, 7) is 5.86. The van der Waals surface area contributed by atoms with Crippen molar-refractivity contribution in [3.8, 4) is 0 Å². The van der Waals surface area contributed by atoms with Gasteiger partial charge in [-0.2, -0.15) is 0 Å². The molecule has 0 aliphatic carbocycles. The van der Waals surface area contributed by atoms with Crippen LogP contribution in [0.5, 0.6) is 0 Å². The zero-order chi connectivity index (χ0) is 14.7. The number of nitrogens with one attached hydrogen (secondary N) is 1. The van der Waals surface area contributed by atoms with Gasteiger partial charge in [0.2, 0.25) is 5.91 Å². The van der Waals surface area contributed by atoms with E-state index in [9.17, 15) is 9.59 Å². The highest BCUT2D eigenvalue weighted by atomic mass is 16.2. The van der Waals surface area contributed by atoms with Gasteiger partial charge in [0.05, 0.1) is 0 Å². The van der Waals surface area contributed by atoms with Crippen LogP contribution in [0.1, 0.15) is 16.7 Å². The monoisotopic (exact) mass is 270 g/mol. The zero-order valence-corrected chi connectivity index (χ0v) is 11.9. The summed E-state index contributed by atoms with van der Waals surface area (Å²) in [5.41, 5.74) is 3.71. The Morgan fingerprint density at radius 3 is 2.50 bits per heavy atom. The number of amides is 1. The molecule has 4 nitrogen and oxygen atoms in total. The Labute approximate surface area is 118 Å². The van der Waals surface area contributed by atoms with Crippen molar-refractivity contribution in [2.45, 2.75) is 27.3 Å². The van der Waals surface area contributed by atoms with Gasteiger partial charge in [-0.15, -0.1) is 0 Å². The first-order valence-corrected chi connectivity index (χ1v) is 6.50. The number of carbonyl (C=O) groups excluding carboxylic acids is 1. The maximum atomic E-state index is 12.0. The molecule has 0 bridgehead atoms. The van der Waals surface area contributed by atoms with E-state index in [1.807, 2.05) is 39.0 Å². The number of rotatable bonds is 3. The van der Waals surface area contributed by atoms with Gasteiger partial charge < -0.3 is 9.88 Å². The van der Waals surface area contributed by atoms with Crippen LogP contribution in [0.4, 0.5) is 5.69 Å². The summed E-state index contributed by atoms with van der Waals surface area (Å²) in [4.78, 5) is 23.7. The molecule has 4 heteroatoms. The lowest BCUT2D eigenvalue weighted by Crippen LogP contribution is -2.27. The molecule has 0 aliphatic rings. The van der Waals surface area contributed by atoms with Crippen LogP contribution in [0.15, 0.2) is 41.3 Å². The summed E-state index contributed by atoms with van der Waals surface area (Å²) in [5.74, 6) is -0.204. The lowest BCUT2D eigenvalue weighted by Gasteiger charge is -2.10. The van der Waals surface area contributed by atoms with Gasteiger partial charge >= 0.3 is 0 Å². The Balaban J connectivity index is 2.13. The fourth-order valence-corrected chi connectivity index (χ4v) is 2.07. The van der Waals surface area contributed by atoms with E-state index in [-0.39, 0.29) is 18.0 Å². The highest BCUT2D eigenvalue weighted by Crippen LogP contribution is 2.15. The number of pyridine rings is 1. The molecule has 0 radical (unpaired) electrons. The molecule has 1 aromatic carbocycles. The van der Waals surface area contributed by atoms with Crippen LogP contribution in [-0.2, 0) is 11.3 Å². The van der Waals surface area contributed by atoms with Crippen LogP contribution in [-0.4, -0.2) is 10.5 Å². The quantitative estimate of drug-likeness (QED) is 0.931. The van der Waals surface area contributed by atoms with Crippen molar-refractivity contribution in [1.29, 1.82) is 0 Å². The fraction of sp³-hybridized carbons (Fsp3) is 0.250. The van der Waals surface area contributed by atoms with Gasteiger partial charge in [-0.1, -0.05) is 23.8 Å². The number of benzene rings is 1. The van der Waals surface area contributed by atoms with Crippen molar-refractivity contribution in [3.05, 3.63) is 63.6 Å². The largest absolute Gasteiger partial charge is 0.324 e. The molecule has 1 N–H and O–H groups in total. The number of aromatic nitrogens is 1. The van der Waals surface area contributed by atoms with Crippen LogP contribution >= 0.6 is 0 Å². The third kappa shape index (κ3) is 3.35. The second kappa shape index (κ2) is 5.74. The van der Waals surface area contributed by atoms with Crippen molar-refractivity contribution >= 4 is 11.6 Å². The number of hydrogen-bond donors (Lipinski definition) is 1. The first-order chi connectivity index (χ1) is 9.45. The van der Waals surface area contributed by atoms with E-state index >= 15 is 0 Å². The van der Waals surface area contributed by atoms with Gasteiger partial charge in [-0.05, 0) is 38.0 Å². The van der Waals surface area contributed by atoms with Gasteiger partial charge in [0.25, 0.3) is 5.56 Å². The Morgan fingerprint density at radius 1 is 1.10 bits per heavy atom. The number of carbonyl (C=O) groups is 1. The molecule has 0 fully saturated rings. The lowest BCUT2D eigenvalue weighted by atomic mass is 10.1. The molecule has 0 saturated heterocycles. The maximum Gasteiger partial charge on any atom is 0.251 e. The number of nitrogens with zero attached hydrogens (tertiary/aromatic N) is 1. The third-order valence-corrected chi connectivity index (χ3v) is 3.10. The second-order valence-corrected chi connectivity index (χ2v) is 5.04. The predicted octanol–water partition coefficient (Wildman–Crippen LogP) is 2.41. The normalized spacial score (nSPS) is 10.3. The Kier molecular flexibility index (Phi) is 4.03. The van der Waals surface area contributed by atoms with Crippen LogP contribution in [0.25, 0.3) is 0 Å². The molecule has 2 rings (SSSR count). The van der Waals surface area contributed by atoms with E-state index in [4.69, 9.17) is 0 Å². The molecule has 0 aliphatic heterocycles. The number of anilines is 1. The summed E-state index contributed by atoms with van der Waals surface area (Å²) in [7, 11) is 0. The Morgan fingerprint density at radius 2 is 1.80 bits per heavy atom. The summed E-state index contributed by atoms with van der Waals surface area (Å²) in [6, 6.07) is 9.04. The van der Waals surface area contributed by atoms with E-state index in [2.05, 4.69) is 5.32 Å². The van der Waals surface area contributed by atoms with Gasteiger partial charge in [-0.3, -0.25) is 9.59 Å². The Hall–Kier alpha value is -2.36. The van der Waals surface area contributed by atoms with E-state index in [1.54, 1.807) is 12.3 Å². The molecule has 0 saturated carbocycles. The molecule has 0 atom stereocenters. The summed E-state index contributed by atoms with van der Waals surface area (Å²) < 4.78 is 1.41. The van der Waals surface area contributed by atoms with E-state index < -0.39 is 0 Å². The van der Waals surface area contributed by atoms with E-state index in [0.717, 1.165) is 22.4 Å². The minimum absolute atomic E-state index is 0.0217. The maximum absolute atomic E-state index is 12.0. The predicted molar refractivity (Wildman–Crippen MR) is 80.0 cm³/mol. The second-order valence-electron chi connectivity index (χ2n) is 5.04. The molecule has 20 heavy (non-hydrogen) atoms. The highest BCUT2D eigenvalue weighted by Gasteiger charge is 2.07. The van der Waals surface area contributed by atoms with Crippen LogP contribution in [0.3, 0.4) is 0 Å². The van der Waals surface area contributed by atoms with Crippen molar-refractivity contribution in [2.75, 3.05) is 5.32 Å². The molecule has 1 amide bonds. The van der Waals surface area contributed by atoms with E-state index in [0.29, 0.717) is 0 Å². The van der Waals surface area contributed by atoms with Gasteiger partial charge in [-0.25, -0.2) is 0 Å². The first-order valence-electron chi connectivity index (χ1n) is 6.50. The third-order valence-electron chi connectivity index (χ3n) is 3.10. The molecule has 0 spiro atoms. The molecule has 1 aromatic heterocycles. The van der Waals surface area contributed by atoms with E-state index in [1.165, 1.54) is 10.6 Å². The number of aryl methyl sites for hydroxylation is 3.